The molecule has 13 rings (SSSR count). The summed E-state index contributed by atoms with van der Waals surface area (Å²) >= 11 is 0. The molecule has 0 amide bonds. The van der Waals surface area contributed by atoms with E-state index in [1.807, 2.05) is 6.07 Å². The van der Waals surface area contributed by atoms with Gasteiger partial charge in [0.05, 0.1) is 22.7 Å². The van der Waals surface area contributed by atoms with Crippen LogP contribution in [0.25, 0.3) is 87.6 Å². The van der Waals surface area contributed by atoms with Crippen molar-refractivity contribution in [3.8, 4) is 39.1 Å². The lowest BCUT2D eigenvalue weighted by Gasteiger charge is -2.32. The minimum atomic E-state index is 0.175. The van der Waals surface area contributed by atoms with Crippen molar-refractivity contribution >= 4 is 88.4 Å². The lowest BCUT2D eigenvalue weighted by molar-refractivity contribution is 0.478. The molecule has 0 spiro atoms. The molecule has 398 valence electrons. The second-order valence-electron chi connectivity index (χ2n) is 23.4. The highest BCUT2D eigenvalue weighted by atomic mass is 16.3. The standard InChI is InChI=1S/C77H68N2O2/c1-46(2)51-31-35-56(36-32-51)78(69-29-17-25-59(75(69)80)55-23-15-22-54(43-55)58-24-14-13-19-50(58)9)71-44-67(48(5)6)61-40-42-66-72(45-68(49(7)8)62-39-41-65(71)73(61)74(62)66)79(57-37-33-52(34-38-57)47(3)4)70-30-18-28-64-63-27-16-26-60(76(63)81-77(64)70)53-20-11-10-12-21-53/h10-49,80H,1-9H3. The van der Waals surface area contributed by atoms with E-state index in [9.17, 15) is 5.11 Å². The Morgan fingerprint density at radius 3 is 1.35 bits per heavy atom. The maximum Gasteiger partial charge on any atom is 0.159 e. The van der Waals surface area contributed by atoms with E-state index < -0.39 is 0 Å². The van der Waals surface area contributed by atoms with Gasteiger partial charge in [-0.3, -0.25) is 0 Å². The van der Waals surface area contributed by atoms with Gasteiger partial charge in [-0.05, 0) is 157 Å². The monoisotopic (exact) mass is 1050 g/mol. The fourth-order valence-corrected chi connectivity index (χ4v) is 12.7. The van der Waals surface area contributed by atoms with Crippen molar-refractivity contribution in [1.82, 2.24) is 0 Å². The molecule has 1 N–H and O–H groups in total. The summed E-state index contributed by atoms with van der Waals surface area (Å²) in [7, 11) is 0. The number of hydrogen-bond acceptors (Lipinski definition) is 4. The average Bonchev–Trinajstić information content (AvgIpc) is 4.00. The molecule has 0 saturated carbocycles. The van der Waals surface area contributed by atoms with Gasteiger partial charge in [0.1, 0.15) is 11.3 Å². The van der Waals surface area contributed by atoms with Gasteiger partial charge in [0.2, 0.25) is 0 Å². The van der Waals surface area contributed by atoms with Gasteiger partial charge in [-0.15, -0.1) is 0 Å². The number of fused-ring (bicyclic) bond motifs is 3. The van der Waals surface area contributed by atoms with Crippen LogP contribution in [0.3, 0.4) is 0 Å². The maximum absolute atomic E-state index is 13.0. The third kappa shape index (κ3) is 8.76. The van der Waals surface area contributed by atoms with E-state index in [0.717, 1.165) is 89.0 Å². The van der Waals surface area contributed by atoms with Gasteiger partial charge in [-0.2, -0.15) is 0 Å². The summed E-state index contributed by atoms with van der Waals surface area (Å²) in [6.07, 6.45) is 0. The predicted molar refractivity (Wildman–Crippen MR) is 346 cm³/mol. The number of nitrogens with zero attached hydrogens (tertiary/aromatic N) is 2. The predicted octanol–water partition coefficient (Wildman–Crippen LogP) is 22.9. The number of rotatable bonds is 13. The normalized spacial score (nSPS) is 12.0. The van der Waals surface area contributed by atoms with Crippen LogP contribution in [0.4, 0.5) is 34.1 Å². The first-order valence-corrected chi connectivity index (χ1v) is 28.9. The van der Waals surface area contributed by atoms with Gasteiger partial charge in [-0.1, -0.05) is 219 Å². The SMILES string of the molecule is Cc1ccccc1-c1cccc(-c2cccc(N(c3ccc(C(C)C)cc3)c3cc(C(C)C)c4ccc5c(N(c6ccc(C(C)C)cc6)c6cccc7c6oc6c(-c8ccccc8)cccc67)cc(C(C)C)c6ccc3c4c65)c2O)c1. The Labute approximate surface area is 476 Å². The Morgan fingerprint density at radius 1 is 0.333 bits per heavy atom. The summed E-state index contributed by atoms with van der Waals surface area (Å²) < 4.78 is 7.26. The first kappa shape index (κ1) is 51.3. The number of phenols is 1. The molecule has 81 heavy (non-hydrogen) atoms. The van der Waals surface area contributed by atoms with Gasteiger partial charge in [0.15, 0.2) is 5.58 Å². The van der Waals surface area contributed by atoms with Crippen LogP contribution in [0.5, 0.6) is 5.75 Å². The molecule has 4 heteroatoms. The molecule has 1 heterocycles. The zero-order chi connectivity index (χ0) is 55.8. The number of hydrogen-bond donors (Lipinski definition) is 1. The van der Waals surface area contributed by atoms with Crippen molar-refractivity contribution in [1.29, 1.82) is 0 Å². The van der Waals surface area contributed by atoms with Crippen LogP contribution in [-0.2, 0) is 0 Å². The number of furan rings is 1. The second kappa shape index (κ2) is 20.5. The van der Waals surface area contributed by atoms with Crippen molar-refractivity contribution < 1.29 is 9.52 Å². The van der Waals surface area contributed by atoms with E-state index >= 15 is 0 Å². The highest BCUT2D eigenvalue weighted by molar-refractivity contribution is 6.30. The fourth-order valence-electron chi connectivity index (χ4n) is 12.7. The largest absolute Gasteiger partial charge is 0.505 e. The number of anilines is 6. The minimum Gasteiger partial charge on any atom is -0.505 e. The van der Waals surface area contributed by atoms with Crippen molar-refractivity contribution in [2.45, 2.75) is 86.0 Å². The van der Waals surface area contributed by atoms with Crippen LogP contribution in [0.1, 0.15) is 107 Å². The molecule has 0 aliphatic rings. The Hall–Kier alpha value is -9.12. The zero-order valence-corrected chi connectivity index (χ0v) is 47.8. The Morgan fingerprint density at radius 2 is 0.778 bits per heavy atom. The molecule has 12 aromatic carbocycles. The molecule has 0 bridgehead atoms. The Kier molecular flexibility index (Phi) is 13.0. The molecule has 1 aromatic heterocycles. The van der Waals surface area contributed by atoms with Gasteiger partial charge in [0.25, 0.3) is 0 Å². The van der Waals surface area contributed by atoms with Crippen molar-refractivity contribution in [3.63, 3.8) is 0 Å². The van der Waals surface area contributed by atoms with E-state index in [1.54, 1.807) is 0 Å². The van der Waals surface area contributed by atoms with Gasteiger partial charge < -0.3 is 19.3 Å². The Balaban J connectivity index is 1.09. The Bertz CT molecular complexity index is 4490. The number of benzene rings is 12. The highest BCUT2D eigenvalue weighted by Crippen LogP contribution is 2.54. The van der Waals surface area contributed by atoms with Crippen LogP contribution in [0, 0.1) is 6.92 Å². The molecule has 0 aliphatic carbocycles. The molecule has 0 fully saturated rings. The smallest absolute Gasteiger partial charge is 0.159 e. The number of para-hydroxylation sites is 3. The third-order valence-corrected chi connectivity index (χ3v) is 17.0. The van der Waals surface area contributed by atoms with Crippen LogP contribution in [0.15, 0.2) is 223 Å². The van der Waals surface area contributed by atoms with Crippen LogP contribution in [-0.4, -0.2) is 5.11 Å². The van der Waals surface area contributed by atoms with E-state index in [0.29, 0.717) is 17.5 Å². The summed E-state index contributed by atoms with van der Waals surface area (Å²) in [6.45, 7) is 20.4. The molecule has 13 aromatic rings. The molecule has 0 atom stereocenters. The quantitative estimate of drug-likeness (QED) is 0.117. The number of aryl methyl sites for hydroxylation is 1. The summed E-state index contributed by atoms with van der Waals surface area (Å²) in [6, 6.07) is 79.4. The van der Waals surface area contributed by atoms with Crippen LogP contribution in [0.2, 0.25) is 0 Å². The lowest BCUT2D eigenvalue weighted by atomic mass is 9.84. The van der Waals surface area contributed by atoms with E-state index in [4.69, 9.17) is 4.42 Å². The first-order chi connectivity index (χ1) is 39.3. The molecule has 0 radical (unpaired) electrons. The van der Waals surface area contributed by atoms with E-state index in [1.165, 1.54) is 54.9 Å². The highest BCUT2D eigenvalue weighted by Gasteiger charge is 2.29. The zero-order valence-electron chi connectivity index (χ0n) is 47.8. The topological polar surface area (TPSA) is 39.9 Å². The third-order valence-electron chi connectivity index (χ3n) is 17.0. The molecular weight excluding hydrogens is 985 g/mol. The summed E-state index contributed by atoms with van der Waals surface area (Å²) in [5, 5.41) is 22.3. The van der Waals surface area contributed by atoms with Crippen molar-refractivity contribution in [2.75, 3.05) is 9.80 Å². The minimum absolute atomic E-state index is 0.175. The van der Waals surface area contributed by atoms with Crippen molar-refractivity contribution in [3.05, 3.63) is 246 Å². The molecule has 4 nitrogen and oxygen atoms in total. The number of aromatic hydroxyl groups is 1. The lowest BCUT2D eigenvalue weighted by Crippen LogP contribution is -2.13. The number of phenolic OH excluding ortho intramolecular Hbond substituents is 1. The fraction of sp³-hybridized carbons (Fsp3) is 0.169. The van der Waals surface area contributed by atoms with Crippen LogP contribution < -0.4 is 9.80 Å². The van der Waals surface area contributed by atoms with Gasteiger partial charge in [-0.25, -0.2) is 0 Å². The van der Waals surface area contributed by atoms with E-state index in [-0.39, 0.29) is 17.6 Å². The molecular formula is C77H68N2O2. The first-order valence-electron chi connectivity index (χ1n) is 28.9. The average molecular weight is 1050 g/mol. The maximum atomic E-state index is 13.0. The summed E-state index contributed by atoms with van der Waals surface area (Å²) in [4.78, 5) is 4.77. The molecule has 0 saturated heterocycles. The summed E-state index contributed by atoms with van der Waals surface area (Å²) in [5.41, 5.74) is 20.0. The summed E-state index contributed by atoms with van der Waals surface area (Å²) in [5.74, 6) is 1.33. The van der Waals surface area contributed by atoms with Gasteiger partial charge >= 0.3 is 0 Å². The van der Waals surface area contributed by atoms with Crippen molar-refractivity contribution in [2.24, 2.45) is 0 Å². The molecule has 0 aliphatic heterocycles. The van der Waals surface area contributed by atoms with Crippen LogP contribution >= 0.6 is 0 Å². The van der Waals surface area contributed by atoms with Gasteiger partial charge in [0, 0.05) is 44.0 Å². The molecule has 0 unspecified atom stereocenters. The van der Waals surface area contributed by atoms with E-state index in [2.05, 4.69) is 284 Å². The second-order valence-corrected chi connectivity index (χ2v) is 23.4.